The number of hydrogen-bond acceptors (Lipinski definition) is 3. The summed E-state index contributed by atoms with van der Waals surface area (Å²) >= 11 is 5.34. The van der Waals surface area contributed by atoms with Crippen LogP contribution in [0.3, 0.4) is 0 Å². The molecule has 0 bridgehead atoms. The van der Waals surface area contributed by atoms with Crippen LogP contribution in [0.2, 0.25) is 0 Å². The first-order valence-corrected chi connectivity index (χ1v) is 4.02. The predicted molar refractivity (Wildman–Crippen MR) is 50.4 cm³/mol. The third kappa shape index (κ3) is 2.09. The minimum atomic E-state index is -1.16. The van der Waals surface area contributed by atoms with Gasteiger partial charge >= 0.3 is 5.97 Å². The third-order valence-electron chi connectivity index (χ3n) is 1.52. The van der Waals surface area contributed by atoms with Crippen molar-refractivity contribution in [2.75, 3.05) is 0 Å². The molecule has 0 saturated heterocycles. The molecule has 0 aliphatic heterocycles. The molecule has 0 atom stereocenters. The Morgan fingerprint density at radius 2 is 2.36 bits per heavy atom. The number of aromatic nitrogens is 1. The predicted octanol–water partition coefficient (Wildman–Crippen LogP) is 1.62. The fraction of sp³-hybridized carbons (Fsp3) is 0. The number of carboxylic acid groups (broad SMARTS) is 1. The number of rotatable bonds is 2. The van der Waals surface area contributed by atoms with Gasteiger partial charge in [-0.25, -0.2) is 4.79 Å². The van der Waals surface area contributed by atoms with Gasteiger partial charge < -0.3 is 5.11 Å². The van der Waals surface area contributed by atoms with Crippen molar-refractivity contribution in [1.29, 1.82) is 5.26 Å². The van der Waals surface area contributed by atoms with E-state index in [0.717, 1.165) is 5.54 Å². The Kier molecular flexibility index (Phi) is 3.21. The maximum absolute atomic E-state index is 10.7. The standard InChI is InChI=1S/C9H5ClN2O2/c10-2-8(9(13)14)7-1-6(3-11)4-12-5-7/h1-2,4-5H,(H,13,14)/b8-2+. The van der Waals surface area contributed by atoms with Crippen molar-refractivity contribution >= 4 is 23.1 Å². The molecule has 0 fully saturated rings. The Hall–Kier alpha value is -1.86. The van der Waals surface area contributed by atoms with Gasteiger partial charge in [0.05, 0.1) is 11.1 Å². The molecular weight excluding hydrogens is 204 g/mol. The Morgan fingerprint density at radius 1 is 1.64 bits per heavy atom. The number of pyridine rings is 1. The summed E-state index contributed by atoms with van der Waals surface area (Å²) in [4.78, 5) is 14.4. The average molecular weight is 209 g/mol. The molecule has 1 N–H and O–H groups in total. The molecule has 1 rings (SSSR count). The minimum Gasteiger partial charge on any atom is -0.478 e. The molecule has 0 aromatic carbocycles. The average Bonchev–Trinajstić information content (AvgIpc) is 2.19. The second kappa shape index (κ2) is 4.40. The topological polar surface area (TPSA) is 74.0 Å². The second-order valence-electron chi connectivity index (χ2n) is 2.40. The lowest BCUT2D eigenvalue weighted by Gasteiger charge is -1.99. The molecule has 4 nitrogen and oxygen atoms in total. The highest BCUT2D eigenvalue weighted by Crippen LogP contribution is 2.15. The fourth-order valence-electron chi connectivity index (χ4n) is 0.882. The first-order valence-electron chi connectivity index (χ1n) is 3.58. The van der Waals surface area contributed by atoms with E-state index >= 15 is 0 Å². The van der Waals surface area contributed by atoms with E-state index in [-0.39, 0.29) is 5.57 Å². The van der Waals surface area contributed by atoms with Gasteiger partial charge in [-0.2, -0.15) is 5.26 Å². The van der Waals surface area contributed by atoms with Gasteiger partial charge in [0.15, 0.2) is 0 Å². The van der Waals surface area contributed by atoms with Crippen LogP contribution in [-0.2, 0) is 4.79 Å². The zero-order valence-corrected chi connectivity index (χ0v) is 7.69. The van der Waals surface area contributed by atoms with Gasteiger partial charge in [-0.05, 0) is 6.07 Å². The summed E-state index contributed by atoms with van der Waals surface area (Å²) in [5.41, 5.74) is 1.46. The molecule has 0 aliphatic rings. The van der Waals surface area contributed by atoms with Crippen LogP contribution in [0.1, 0.15) is 11.1 Å². The molecule has 0 amide bonds. The van der Waals surface area contributed by atoms with Crippen LogP contribution < -0.4 is 0 Å². The number of nitriles is 1. The number of halogens is 1. The molecular formula is C9H5ClN2O2. The lowest BCUT2D eigenvalue weighted by Crippen LogP contribution is -1.99. The molecule has 1 heterocycles. The van der Waals surface area contributed by atoms with Crippen molar-refractivity contribution in [1.82, 2.24) is 4.98 Å². The SMILES string of the molecule is N#Cc1cncc(/C(=C\Cl)C(=O)O)c1. The van der Waals surface area contributed by atoms with Crippen LogP contribution in [0.25, 0.3) is 5.57 Å². The van der Waals surface area contributed by atoms with E-state index < -0.39 is 5.97 Å². The van der Waals surface area contributed by atoms with E-state index in [1.165, 1.54) is 18.5 Å². The number of carbonyl (C=O) groups is 1. The van der Waals surface area contributed by atoms with E-state index in [2.05, 4.69) is 4.98 Å². The fourth-order valence-corrected chi connectivity index (χ4v) is 1.10. The summed E-state index contributed by atoms with van der Waals surface area (Å²) in [6.07, 6.45) is 2.68. The lowest BCUT2D eigenvalue weighted by atomic mass is 10.1. The molecule has 0 aliphatic carbocycles. The van der Waals surface area contributed by atoms with Crippen LogP contribution in [0.5, 0.6) is 0 Å². The van der Waals surface area contributed by atoms with Crippen molar-refractivity contribution in [3.8, 4) is 6.07 Å². The summed E-state index contributed by atoms with van der Waals surface area (Å²) in [5.74, 6) is -1.16. The molecule has 0 unspecified atom stereocenters. The summed E-state index contributed by atoms with van der Waals surface area (Å²) in [7, 11) is 0. The van der Waals surface area contributed by atoms with E-state index in [1.54, 1.807) is 0 Å². The van der Waals surface area contributed by atoms with Gasteiger partial charge in [0.25, 0.3) is 0 Å². The number of hydrogen-bond donors (Lipinski definition) is 1. The summed E-state index contributed by atoms with van der Waals surface area (Å²) < 4.78 is 0. The highest BCUT2D eigenvalue weighted by atomic mass is 35.5. The molecule has 14 heavy (non-hydrogen) atoms. The zero-order valence-electron chi connectivity index (χ0n) is 6.94. The molecule has 70 valence electrons. The van der Waals surface area contributed by atoms with Crippen LogP contribution >= 0.6 is 11.6 Å². The highest BCUT2D eigenvalue weighted by molar-refractivity contribution is 6.34. The van der Waals surface area contributed by atoms with E-state index in [0.29, 0.717) is 11.1 Å². The van der Waals surface area contributed by atoms with Gasteiger partial charge in [0, 0.05) is 23.5 Å². The van der Waals surface area contributed by atoms with Crippen molar-refractivity contribution in [3.63, 3.8) is 0 Å². The second-order valence-corrected chi connectivity index (χ2v) is 2.62. The van der Waals surface area contributed by atoms with Gasteiger partial charge in [-0.3, -0.25) is 4.98 Å². The third-order valence-corrected chi connectivity index (χ3v) is 1.74. The summed E-state index contributed by atoms with van der Waals surface area (Å²) in [6, 6.07) is 3.27. The first kappa shape index (κ1) is 10.2. The van der Waals surface area contributed by atoms with Gasteiger partial charge in [0.1, 0.15) is 6.07 Å². The molecule has 0 radical (unpaired) electrons. The van der Waals surface area contributed by atoms with E-state index in [9.17, 15) is 4.79 Å². The lowest BCUT2D eigenvalue weighted by molar-refractivity contribution is -0.130. The largest absolute Gasteiger partial charge is 0.478 e. The highest BCUT2D eigenvalue weighted by Gasteiger charge is 2.10. The van der Waals surface area contributed by atoms with Crippen molar-refractivity contribution < 1.29 is 9.90 Å². The van der Waals surface area contributed by atoms with Crippen LogP contribution in [0.4, 0.5) is 0 Å². The Morgan fingerprint density at radius 3 is 2.86 bits per heavy atom. The van der Waals surface area contributed by atoms with Gasteiger partial charge in [-0.15, -0.1) is 0 Å². The molecule has 0 saturated carbocycles. The zero-order chi connectivity index (χ0) is 10.6. The minimum absolute atomic E-state index is 0.0868. The van der Waals surface area contributed by atoms with Crippen molar-refractivity contribution in [2.24, 2.45) is 0 Å². The normalized spacial score (nSPS) is 10.7. The van der Waals surface area contributed by atoms with Crippen LogP contribution in [0.15, 0.2) is 24.0 Å². The molecule has 5 heteroatoms. The van der Waals surface area contributed by atoms with Crippen molar-refractivity contribution in [3.05, 3.63) is 35.1 Å². The number of carboxylic acids is 1. The summed E-state index contributed by atoms with van der Waals surface area (Å²) in [6.45, 7) is 0. The van der Waals surface area contributed by atoms with Crippen LogP contribution in [0, 0.1) is 11.3 Å². The molecule has 1 aromatic heterocycles. The van der Waals surface area contributed by atoms with E-state index in [4.69, 9.17) is 22.0 Å². The van der Waals surface area contributed by atoms with E-state index in [1.807, 2.05) is 6.07 Å². The number of aliphatic carboxylic acids is 1. The summed E-state index contributed by atoms with van der Waals surface area (Å²) in [5, 5.41) is 17.3. The Bertz CT molecular complexity index is 435. The van der Waals surface area contributed by atoms with Crippen LogP contribution in [-0.4, -0.2) is 16.1 Å². The number of nitrogens with zero attached hydrogens (tertiary/aromatic N) is 2. The molecule has 1 aromatic rings. The van der Waals surface area contributed by atoms with Gasteiger partial charge in [0.2, 0.25) is 0 Å². The monoisotopic (exact) mass is 208 g/mol. The Labute approximate surface area is 85.1 Å². The quantitative estimate of drug-likeness (QED) is 0.750. The Balaban J connectivity index is 3.20. The maximum Gasteiger partial charge on any atom is 0.337 e. The molecule has 0 spiro atoms. The first-order chi connectivity index (χ1) is 6.69. The van der Waals surface area contributed by atoms with Crippen molar-refractivity contribution in [2.45, 2.75) is 0 Å². The van der Waals surface area contributed by atoms with Gasteiger partial charge in [-0.1, -0.05) is 11.6 Å². The maximum atomic E-state index is 10.7. The smallest absolute Gasteiger partial charge is 0.337 e.